The van der Waals surface area contributed by atoms with Crippen molar-refractivity contribution < 1.29 is 9.66 Å². The van der Waals surface area contributed by atoms with Gasteiger partial charge in [-0.15, -0.1) is 0 Å². The van der Waals surface area contributed by atoms with Crippen LogP contribution in [-0.2, 0) is 6.54 Å². The molecule has 0 radical (unpaired) electrons. The maximum atomic E-state index is 11.0. The molecule has 2 aromatic carbocycles. The van der Waals surface area contributed by atoms with Gasteiger partial charge in [-0.3, -0.25) is 10.1 Å². The lowest BCUT2D eigenvalue weighted by Crippen LogP contribution is -2.21. The van der Waals surface area contributed by atoms with Crippen LogP contribution in [0.25, 0.3) is 0 Å². The lowest BCUT2D eigenvalue weighted by Gasteiger charge is -2.08. The second kappa shape index (κ2) is 7.75. The van der Waals surface area contributed by atoms with E-state index in [2.05, 4.69) is 21.2 Å². The molecular weight excluding hydrogens is 336 g/mol. The van der Waals surface area contributed by atoms with Crippen LogP contribution in [-0.4, -0.2) is 18.1 Å². The van der Waals surface area contributed by atoms with Crippen LogP contribution in [0.2, 0.25) is 0 Å². The normalized spacial score (nSPS) is 10.3. The van der Waals surface area contributed by atoms with E-state index in [0.717, 1.165) is 5.75 Å². The Morgan fingerprint density at radius 2 is 1.95 bits per heavy atom. The second-order valence-electron chi connectivity index (χ2n) is 4.37. The number of halogens is 1. The van der Waals surface area contributed by atoms with Crippen LogP contribution in [0.4, 0.5) is 5.69 Å². The summed E-state index contributed by atoms with van der Waals surface area (Å²) in [5.74, 6) is 0.814. The molecule has 21 heavy (non-hydrogen) atoms. The zero-order valence-corrected chi connectivity index (χ0v) is 12.9. The number of nitro groups is 1. The lowest BCUT2D eigenvalue weighted by atomic mass is 10.2. The quantitative estimate of drug-likeness (QED) is 0.471. The topological polar surface area (TPSA) is 64.4 Å². The number of hydrogen-bond donors (Lipinski definition) is 1. The smallest absolute Gasteiger partial charge is 0.275 e. The van der Waals surface area contributed by atoms with Crippen molar-refractivity contribution in [1.29, 1.82) is 0 Å². The average molecular weight is 351 g/mol. The Kier molecular flexibility index (Phi) is 5.71. The number of para-hydroxylation sites is 1. The minimum atomic E-state index is -0.373. The van der Waals surface area contributed by atoms with Gasteiger partial charge in [-0.2, -0.15) is 0 Å². The number of benzene rings is 2. The SMILES string of the molecule is O=[N+]([O-])c1cc(Br)ccc1CNCCOc1ccccc1. The molecule has 0 bridgehead atoms. The van der Waals surface area contributed by atoms with Crippen molar-refractivity contribution in [2.75, 3.05) is 13.2 Å². The minimum Gasteiger partial charge on any atom is -0.492 e. The van der Waals surface area contributed by atoms with Crippen molar-refractivity contribution in [3.63, 3.8) is 0 Å². The van der Waals surface area contributed by atoms with Crippen LogP contribution in [0.5, 0.6) is 5.75 Å². The highest BCUT2D eigenvalue weighted by Gasteiger charge is 2.13. The molecule has 0 atom stereocenters. The summed E-state index contributed by atoms with van der Waals surface area (Å²) in [7, 11) is 0. The summed E-state index contributed by atoms with van der Waals surface area (Å²) in [5.41, 5.74) is 0.767. The molecule has 0 aliphatic heterocycles. The molecule has 0 saturated carbocycles. The maximum absolute atomic E-state index is 11.0. The first kappa shape index (κ1) is 15.5. The third kappa shape index (κ3) is 4.84. The van der Waals surface area contributed by atoms with E-state index in [1.807, 2.05) is 30.3 Å². The largest absolute Gasteiger partial charge is 0.492 e. The fourth-order valence-corrected chi connectivity index (χ4v) is 2.19. The molecule has 0 fully saturated rings. The third-order valence-corrected chi connectivity index (χ3v) is 3.34. The lowest BCUT2D eigenvalue weighted by molar-refractivity contribution is -0.385. The molecule has 0 spiro atoms. The molecule has 0 amide bonds. The van der Waals surface area contributed by atoms with E-state index in [9.17, 15) is 10.1 Å². The van der Waals surface area contributed by atoms with E-state index in [1.165, 1.54) is 6.07 Å². The zero-order valence-electron chi connectivity index (χ0n) is 11.3. The van der Waals surface area contributed by atoms with E-state index in [0.29, 0.717) is 29.7 Å². The Hall–Kier alpha value is -1.92. The van der Waals surface area contributed by atoms with Gasteiger partial charge in [-0.25, -0.2) is 0 Å². The summed E-state index contributed by atoms with van der Waals surface area (Å²) in [5, 5.41) is 14.1. The molecule has 0 aromatic heterocycles. The highest BCUT2D eigenvalue weighted by atomic mass is 79.9. The Morgan fingerprint density at radius 3 is 2.67 bits per heavy atom. The third-order valence-electron chi connectivity index (χ3n) is 2.85. The highest BCUT2D eigenvalue weighted by Crippen LogP contribution is 2.23. The van der Waals surface area contributed by atoms with Crippen LogP contribution in [0.15, 0.2) is 53.0 Å². The Balaban J connectivity index is 1.80. The number of nitrogens with one attached hydrogen (secondary N) is 1. The molecule has 0 unspecified atom stereocenters. The van der Waals surface area contributed by atoms with Crippen LogP contribution < -0.4 is 10.1 Å². The molecule has 110 valence electrons. The van der Waals surface area contributed by atoms with Gasteiger partial charge in [0.25, 0.3) is 5.69 Å². The molecule has 6 heteroatoms. The molecule has 0 aliphatic rings. The van der Waals surface area contributed by atoms with Gasteiger partial charge in [0.2, 0.25) is 0 Å². The summed E-state index contributed by atoms with van der Waals surface area (Å²) in [6.07, 6.45) is 0. The molecule has 0 heterocycles. The molecule has 0 aliphatic carbocycles. The van der Waals surface area contributed by atoms with Crippen molar-refractivity contribution in [1.82, 2.24) is 5.32 Å². The van der Waals surface area contributed by atoms with Crippen molar-refractivity contribution >= 4 is 21.6 Å². The molecule has 2 aromatic rings. The number of nitrogens with zero attached hydrogens (tertiary/aromatic N) is 1. The predicted octanol–water partition coefficient (Wildman–Crippen LogP) is 3.53. The summed E-state index contributed by atoms with van der Waals surface area (Å²) in [4.78, 5) is 10.6. The van der Waals surface area contributed by atoms with Gasteiger partial charge in [0.15, 0.2) is 0 Å². The van der Waals surface area contributed by atoms with Gasteiger partial charge in [0, 0.05) is 29.2 Å². The van der Waals surface area contributed by atoms with E-state index in [1.54, 1.807) is 12.1 Å². The number of ether oxygens (including phenoxy) is 1. The van der Waals surface area contributed by atoms with Gasteiger partial charge >= 0.3 is 0 Å². The van der Waals surface area contributed by atoms with E-state index in [-0.39, 0.29) is 10.6 Å². The van der Waals surface area contributed by atoms with Gasteiger partial charge in [0.05, 0.1) is 4.92 Å². The first-order valence-electron chi connectivity index (χ1n) is 6.48. The van der Waals surface area contributed by atoms with E-state index < -0.39 is 0 Å². The maximum Gasteiger partial charge on any atom is 0.275 e. The Morgan fingerprint density at radius 1 is 1.19 bits per heavy atom. The molecule has 2 rings (SSSR count). The number of nitro benzene ring substituents is 1. The Bertz CT molecular complexity index is 605. The fraction of sp³-hybridized carbons (Fsp3) is 0.200. The summed E-state index contributed by atoms with van der Waals surface area (Å²) in [6, 6.07) is 14.6. The fourth-order valence-electron chi connectivity index (χ4n) is 1.84. The molecule has 0 saturated heterocycles. The standard InChI is InChI=1S/C15H15BrN2O3/c16-13-7-6-12(15(10-13)18(19)20)11-17-8-9-21-14-4-2-1-3-5-14/h1-7,10,17H,8-9,11H2. The van der Waals surface area contributed by atoms with Gasteiger partial charge < -0.3 is 10.1 Å². The van der Waals surface area contributed by atoms with Crippen molar-refractivity contribution in [3.05, 3.63) is 68.7 Å². The van der Waals surface area contributed by atoms with Gasteiger partial charge in [-0.1, -0.05) is 34.1 Å². The predicted molar refractivity (Wildman–Crippen MR) is 84.4 cm³/mol. The van der Waals surface area contributed by atoms with Crippen LogP contribution in [0, 0.1) is 10.1 Å². The molecule has 1 N–H and O–H groups in total. The van der Waals surface area contributed by atoms with Crippen molar-refractivity contribution in [2.24, 2.45) is 0 Å². The minimum absolute atomic E-state index is 0.112. The monoisotopic (exact) mass is 350 g/mol. The van der Waals surface area contributed by atoms with Gasteiger partial charge in [0.1, 0.15) is 12.4 Å². The van der Waals surface area contributed by atoms with E-state index in [4.69, 9.17) is 4.74 Å². The average Bonchev–Trinajstić information content (AvgIpc) is 2.49. The first-order valence-corrected chi connectivity index (χ1v) is 7.27. The van der Waals surface area contributed by atoms with Crippen molar-refractivity contribution in [2.45, 2.75) is 6.54 Å². The highest BCUT2D eigenvalue weighted by molar-refractivity contribution is 9.10. The first-order chi connectivity index (χ1) is 10.2. The molecular formula is C15H15BrN2O3. The van der Waals surface area contributed by atoms with Crippen LogP contribution >= 0.6 is 15.9 Å². The number of hydrogen-bond acceptors (Lipinski definition) is 4. The van der Waals surface area contributed by atoms with E-state index >= 15 is 0 Å². The summed E-state index contributed by atoms with van der Waals surface area (Å²) < 4.78 is 6.24. The number of rotatable bonds is 7. The molecule has 5 nitrogen and oxygen atoms in total. The summed E-state index contributed by atoms with van der Waals surface area (Å²) >= 11 is 3.24. The Labute approximate surface area is 131 Å². The van der Waals surface area contributed by atoms with Gasteiger partial charge in [-0.05, 0) is 24.3 Å². The zero-order chi connectivity index (χ0) is 15.1. The van der Waals surface area contributed by atoms with Crippen molar-refractivity contribution in [3.8, 4) is 5.75 Å². The summed E-state index contributed by atoms with van der Waals surface area (Å²) in [6.45, 7) is 1.55. The second-order valence-corrected chi connectivity index (χ2v) is 5.28. The van der Waals surface area contributed by atoms with Crippen LogP contribution in [0.1, 0.15) is 5.56 Å². The van der Waals surface area contributed by atoms with Crippen LogP contribution in [0.3, 0.4) is 0 Å².